The van der Waals surface area contributed by atoms with E-state index in [0.717, 1.165) is 11.1 Å². The lowest BCUT2D eigenvalue weighted by Crippen LogP contribution is -2.03. The molecule has 2 aromatic heterocycles. The van der Waals surface area contributed by atoms with Gasteiger partial charge in [-0.05, 0) is 23.3 Å². The predicted molar refractivity (Wildman–Crippen MR) is 67.7 cm³/mol. The molecule has 0 aliphatic carbocycles. The average Bonchev–Trinajstić information content (AvgIpc) is 2.46. The average molecular weight is 253 g/mol. The fraction of sp³-hybridized carbons (Fsp3) is 0.143. The van der Waals surface area contributed by atoms with Crippen LogP contribution >= 0.6 is 0 Å². The third-order valence-corrected chi connectivity index (χ3v) is 2.91. The Morgan fingerprint density at radius 2 is 1.84 bits per heavy atom. The normalized spacial score (nSPS) is 11.6. The van der Waals surface area contributed by atoms with Crippen LogP contribution in [-0.2, 0) is 0 Å². The van der Waals surface area contributed by atoms with E-state index in [-0.39, 0.29) is 11.6 Å². The van der Waals surface area contributed by atoms with Gasteiger partial charge in [0.05, 0.1) is 0 Å². The monoisotopic (exact) mass is 253 g/mol. The highest BCUT2D eigenvalue weighted by molar-refractivity contribution is 5.85. The van der Waals surface area contributed by atoms with Gasteiger partial charge < -0.3 is 5.11 Å². The van der Waals surface area contributed by atoms with Gasteiger partial charge in [0.1, 0.15) is 17.5 Å². The summed E-state index contributed by atoms with van der Waals surface area (Å²) >= 11 is 0. The fourth-order valence-electron chi connectivity index (χ4n) is 1.71. The standard InChI is InChI=1S/C14H11N3O2/c1-9(10-2-4-12(6-15)16-7-10)11-3-5-13(14(18)19)17-8-11/h2-5,7-9H,1H3,(H,18,19). The second-order valence-corrected chi connectivity index (χ2v) is 4.09. The van der Waals surface area contributed by atoms with E-state index in [0.29, 0.717) is 5.69 Å². The molecule has 2 aromatic rings. The Kier molecular flexibility index (Phi) is 3.53. The number of hydrogen-bond acceptors (Lipinski definition) is 4. The number of carbonyl (C=O) groups is 1. The van der Waals surface area contributed by atoms with Gasteiger partial charge in [0.15, 0.2) is 0 Å². The molecule has 0 spiro atoms. The smallest absolute Gasteiger partial charge is 0.354 e. The van der Waals surface area contributed by atoms with Gasteiger partial charge in [-0.2, -0.15) is 5.26 Å². The van der Waals surface area contributed by atoms with Crippen LogP contribution in [-0.4, -0.2) is 21.0 Å². The van der Waals surface area contributed by atoms with E-state index < -0.39 is 5.97 Å². The van der Waals surface area contributed by atoms with Crippen molar-refractivity contribution in [3.63, 3.8) is 0 Å². The number of rotatable bonds is 3. The first kappa shape index (κ1) is 12.7. The highest BCUT2D eigenvalue weighted by atomic mass is 16.4. The van der Waals surface area contributed by atoms with E-state index in [1.54, 1.807) is 24.5 Å². The summed E-state index contributed by atoms with van der Waals surface area (Å²) < 4.78 is 0. The molecule has 94 valence electrons. The van der Waals surface area contributed by atoms with Crippen molar-refractivity contribution in [3.05, 3.63) is 59.2 Å². The van der Waals surface area contributed by atoms with Crippen molar-refractivity contribution in [2.24, 2.45) is 0 Å². The van der Waals surface area contributed by atoms with Gasteiger partial charge in [0.2, 0.25) is 0 Å². The first-order valence-corrected chi connectivity index (χ1v) is 5.67. The number of aromatic carboxylic acids is 1. The molecule has 0 aliphatic heterocycles. The van der Waals surface area contributed by atoms with Crippen LogP contribution in [0.3, 0.4) is 0 Å². The van der Waals surface area contributed by atoms with Gasteiger partial charge in [-0.3, -0.25) is 0 Å². The lowest BCUT2D eigenvalue weighted by Gasteiger charge is -2.11. The Morgan fingerprint density at radius 3 is 2.26 bits per heavy atom. The maximum Gasteiger partial charge on any atom is 0.354 e. The molecule has 5 nitrogen and oxygen atoms in total. The van der Waals surface area contributed by atoms with Gasteiger partial charge in [0.25, 0.3) is 0 Å². The highest BCUT2D eigenvalue weighted by Gasteiger charge is 2.11. The molecule has 19 heavy (non-hydrogen) atoms. The summed E-state index contributed by atoms with van der Waals surface area (Å²) in [6, 6.07) is 8.67. The van der Waals surface area contributed by atoms with Crippen molar-refractivity contribution in [1.29, 1.82) is 5.26 Å². The molecule has 0 radical (unpaired) electrons. The van der Waals surface area contributed by atoms with Crippen molar-refractivity contribution < 1.29 is 9.90 Å². The molecule has 5 heteroatoms. The third-order valence-electron chi connectivity index (χ3n) is 2.91. The van der Waals surface area contributed by atoms with Gasteiger partial charge in [0, 0.05) is 18.3 Å². The zero-order valence-electron chi connectivity index (χ0n) is 10.2. The molecule has 1 unspecified atom stereocenters. The topological polar surface area (TPSA) is 86.9 Å². The zero-order chi connectivity index (χ0) is 13.8. The molecule has 0 fully saturated rings. The van der Waals surface area contributed by atoms with Crippen molar-refractivity contribution >= 4 is 5.97 Å². The number of carboxylic acids is 1. The van der Waals surface area contributed by atoms with Crippen LogP contribution in [0.2, 0.25) is 0 Å². The highest BCUT2D eigenvalue weighted by Crippen LogP contribution is 2.22. The van der Waals surface area contributed by atoms with Crippen molar-refractivity contribution in [3.8, 4) is 6.07 Å². The number of aromatic nitrogens is 2. The lowest BCUT2D eigenvalue weighted by atomic mass is 9.95. The molecule has 0 saturated carbocycles. The van der Waals surface area contributed by atoms with Crippen molar-refractivity contribution in [2.45, 2.75) is 12.8 Å². The molecule has 0 aromatic carbocycles. The van der Waals surface area contributed by atoms with E-state index in [2.05, 4.69) is 9.97 Å². The minimum absolute atomic E-state index is 0.0221. The second kappa shape index (κ2) is 5.27. The van der Waals surface area contributed by atoms with E-state index in [9.17, 15) is 4.79 Å². The van der Waals surface area contributed by atoms with Crippen LogP contribution in [0.5, 0.6) is 0 Å². The summed E-state index contributed by atoms with van der Waals surface area (Å²) in [4.78, 5) is 18.6. The maximum atomic E-state index is 10.7. The minimum atomic E-state index is -1.04. The molecule has 0 aliphatic rings. The third kappa shape index (κ3) is 2.75. The summed E-state index contributed by atoms with van der Waals surface area (Å²) in [7, 11) is 0. The largest absolute Gasteiger partial charge is 0.477 e. The van der Waals surface area contributed by atoms with Gasteiger partial charge in [-0.15, -0.1) is 0 Å². The lowest BCUT2D eigenvalue weighted by molar-refractivity contribution is 0.0690. The number of nitrogens with zero attached hydrogens (tertiary/aromatic N) is 3. The van der Waals surface area contributed by atoms with E-state index in [1.807, 2.05) is 19.1 Å². The Bertz CT molecular complexity index is 627. The van der Waals surface area contributed by atoms with Crippen LogP contribution in [0.25, 0.3) is 0 Å². The summed E-state index contributed by atoms with van der Waals surface area (Å²) in [5, 5.41) is 17.5. The van der Waals surface area contributed by atoms with Gasteiger partial charge in [-0.1, -0.05) is 19.1 Å². The van der Waals surface area contributed by atoms with Gasteiger partial charge >= 0.3 is 5.97 Å². The first-order valence-electron chi connectivity index (χ1n) is 5.67. The second-order valence-electron chi connectivity index (χ2n) is 4.09. The summed E-state index contributed by atoms with van der Waals surface area (Å²) in [5.41, 5.74) is 2.24. The van der Waals surface area contributed by atoms with Crippen LogP contribution < -0.4 is 0 Å². The number of hydrogen-bond donors (Lipinski definition) is 1. The van der Waals surface area contributed by atoms with Crippen LogP contribution in [0.4, 0.5) is 0 Å². The number of carboxylic acid groups (broad SMARTS) is 1. The Labute approximate surface area is 110 Å². The molecule has 1 atom stereocenters. The van der Waals surface area contributed by atoms with E-state index in [1.165, 1.54) is 6.07 Å². The van der Waals surface area contributed by atoms with Crippen molar-refractivity contribution in [2.75, 3.05) is 0 Å². The van der Waals surface area contributed by atoms with Gasteiger partial charge in [-0.25, -0.2) is 14.8 Å². The quantitative estimate of drug-likeness (QED) is 0.906. The maximum absolute atomic E-state index is 10.7. The Balaban J connectivity index is 2.25. The van der Waals surface area contributed by atoms with Crippen molar-refractivity contribution in [1.82, 2.24) is 9.97 Å². The zero-order valence-corrected chi connectivity index (χ0v) is 10.2. The number of nitriles is 1. The van der Waals surface area contributed by atoms with Crippen LogP contribution in [0.15, 0.2) is 36.7 Å². The minimum Gasteiger partial charge on any atom is -0.477 e. The first-order chi connectivity index (χ1) is 9.11. The molecule has 2 rings (SSSR count). The van der Waals surface area contributed by atoms with Crippen LogP contribution in [0.1, 0.15) is 40.2 Å². The molecular weight excluding hydrogens is 242 g/mol. The Morgan fingerprint density at radius 1 is 1.21 bits per heavy atom. The Hall–Kier alpha value is -2.74. The van der Waals surface area contributed by atoms with E-state index >= 15 is 0 Å². The molecule has 2 heterocycles. The molecule has 0 amide bonds. The van der Waals surface area contributed by atoms with Crippen LogP contribution in [0, 0.1) is 11.3 Å². The SMILES string of the molecule is CC(c1ccc(C#N)nc1)c1ccc(C(=O)O)nc1. The molecule has 0 bridgehead atoms. The fourth-order valence-corrected chi connectivity index (χ4v) is 1.71. The molecule has 0 saturated heterocycles. The summed E-state index contributed by atoms with van der Waals surface area (Å²) in [5.74, 6) is -1.00. The van der Waals surface area contributed by atoms with E-state index in [4.69, 9.17) is 10.4 Å². The molecular formula is C14H11N3O2. The summed E-state index contributed by atoms with van der Waals surface area (Å²) in [6.07, 6.45) is 3.20. The predicted octanol–water partition coefficient (Wildman–Crippen LogP) is 2.20. The molecule has 1 N–H and O–H groups in total. The number of pyridine rings is 2. The summed E-state index contributed by atoms with van der Waals surface area (Å²) in [6.45, 7) is 1.97.